The average molecular weight is 255 g/mol. The number of nitrogens with two attached hydrogens (primary N) is 1. The van der Waals surface area contributed by atoms with E-state index in [0.29, 0.717) is 0 Å². The first kappa shape index (κ1) is 14.6. The summed E-state index contributed by atoms with van der Waals surface area (Å²) in [6, 6.07) is 0.290. The lowest BCUT2D eigenvalue weighted by molar-refractivity contribution is 0.480. The van der Waals surface area contributed by atoms with Crippen LogP contribution in [0.5, 0.6) is 0 Å². The topological polar surface area (TPSA) is 50.9 Å². The molecule has 1 atom stereocenters. The molecule has 0 amide bonds. The molecule has 0 saturated heterocycles. The van der Waals surface area contributed by atoms with Gasteiger partial charge in [0.25, 0.3) is 0 Å². The summed E-state index contributed by atoms with van der Waals surface area (Å²) in [5.41, 5.74) is 4.75. The molecule has 3 N–H and O–H groups in total. The summed E-state index contributed by atoms with van der Waals surface area (Å²) in [4.78, 5) is 5.34. The van der Waals surface area contributed by atoms with Crippen LogP contribution in [0.4, 0.5) is 0 Å². The highest BCUT2D eigenvalue weighted by Gasteiger charge is 2.10. The summed E-state index contributed by atoms with van der Waals surface area (Å²) in [5.74, 6) is 5.57. The van der Waals surface area contributed by atoms with Gasteiger partial charge in [-0.25, -0.2) is 0 Å². The molecular formula is C13H25N3S. The van der Waals surface area contributed by atoms with Crippen LogP contribution in [0.3, 0.4) is 0 Å². The molecule has 0 fully saturated rings. The van der Waals surface area contributed by atoms with E-state index in [1.165, 1.54) is 49.8 Å². The zero-order valence-corrected chi connectivity index (χ0v) is 11.6. The van der Waals surface area contributed by atoms with Gasteiger partial charge >= 0.3 is 0 Å². The molecule has 0 aromatic carbocycles. The second-order valence-corrected chi connectivity index (χ2v) is 5.45. The summed E-state index contributed by atoms with van der Waals surface area (Å²) < 4.78 is 0. The lowest BCUT2D eigenvalue weighted by atomic mass is 10.0. The van der Waals surface area contributed by atoms with Gasteiger partial charge in [-0.2, -0.15) is 0 Å². The molecule has 3 nitrogen and oxygen atoms in total. The minimum Gasteiger partial charge on any atom is -0.271 e. The fourth-order valence-electron chi connectivity index (χ4n) is 2.01. The Bertz CT molecular complexity index is 262. The number of hydrogen-bond donors (Lipinski definition) is 2. The fourth-order valence-corrected chi connectivity index (χ4v) is 2.73. The van der Waals surface area contributed by atoms with Crippen LogP contribution in [0.1, 0.15) is 69.2 Å². The van der Waals surface area contributed by atoms with Gasteiger partial charge in [0.05, 0.1) is 11.6 Å². The Hall–Kier alpha value is -0.450. The molecule has 0 aliphatic heterocycles. The standard InChI is InChI=1S/C13H25N3S/c1-2-3-4-5-6-7-8-9-12(16-14)13-10-15-11-17-13/h10-12,16H,2-9,14H2,1H3. The van der Waals surface area contributed by atoms with Crippen molar-refractivity contribution in [2.75, 3.05) is 0 Å². The third kappa shape index (κ3) is 6.15. The Labute approximate surface area is 109 Å². The van der Waals surface area contributed by atoms with Crippen LogP contribution < -0.4 is 11.3 Å². The Morgan fingerprint density at radius 1 is 1.24 bits per heavy atom. The van der Waals surface area contributed by atoms with Crippen LogP contribution in [0.25, 0.3) is 0 Å². The van der Waals surface area contributed by atoms with Crippen molar-refractivity contribution in [3.8, 4) is 0 Å². The molecule has 1 aromatic rings. The van der Waals surface area contributed by atoms with Crippen molar-refractivity contribution in [1.29, 1.82) is 0 Å². The molecule has 0 aliphatic rings. The third-order valence-corrected chi connectivity index (χ3v) is 3.98. The second kappa shape index (κ2) is 9.57. The van der Waals surface area contributed by atoms with Gasteiger partial charge in [0.1, 0.15) is 0 Å². The molecule has 0 bridgehead atoms. The fraction of sp³-hybridized carbons (Fsp3) is 0.769. The van der Waals surface area contributed by atoms with E-state index in [1.807, 2.05) is 11.7 Å². The number of nitrogens with one attached hydrogen (secondary N) is 1. The number of aromatic nitrogens is 1. The minimum absolute atomic E-state index is 0.290. The zero-order valence-electron chi connectivity index (χ0n) is 10.8. The monoisotopic (exact) mass is 255 g/mol. The van der Waals surface area contributed by atoms with Crippen molar-refractivity contribution in [2.24, 2.45) is 5.84 Å². The second-order valence-electron chi connectivity index (χ2n) is 4.53. The van der Waals surface area contributed by atoms with Gasteiger partial charge < -0.3 is 0 Å². The molecule has 1 unspecified atom stereocenters. The zero-order chi connectivity index (χ0) is 12.3. The lowest BCUT2D eigenvalue weighted by Gasteiger charge is -2.13. The van der Waals surface area contributed by atoms with Gasteiger partial charge in [-0.3, -0.25) is 16.3 Å². The molecule has 0 aliphatic carbocycles. The Morgan fingerprint density at radius 2 is 1.94 bits per heavy atom. The molecule has 0 radical (unpaired) electrons. The highest BCUT2D eigenvalue weighted by molar-refractivity contribution is 7.09. The molecule has 17 heavy (non-hydrogen) atoms. The predicted octanol–water partition coefficient (Wildman–Crippen LogP) is 3.79. The summed E-state index contributed by atoms with van der Waals surface area (Å²) >= 11 is 1.68. The number of thiazole rings is 1. The predicted molar refractivity (Wildman–Crippen MR) is 74.8 cm³/mol. The highest BCUT2D eigenvalue weighted by atomic mass is 32.1. The normalized spacial score (nSPS) is 12.8. The molecule has 4 heteroatoms. The van der Waals surface area contributed by atoms with E-state index in [1.54, 1.807) is 11.3 Å². The van der Waals surface area contributed by atoms with E-state index in [2.05, 4.69) is 17.3 Å². The van der Waals surface area contributed by atoms with Crippen LogP contribution in [0.15, 0.2) is 11.7 Å². The van der Waals surface area contributed by atoms with E-state index in [9.17, 15) is 0 Å². The summed E-state index contributed by atoms with van der Waals surface area (Å²) in [5, 5.41) is 0. The van der Waals surface area contributed by atoms with Crippen molar-refractivity contribution >= 4 is 11.3 Å². The van der Waals surface area contributed by atoms with E-state index in [-0.39, 0.29) is 6.04 Å². The Morgan fingerprint density at radius 3 is 2.53 bits per heavy atom. The minimum atomic E-state index is 0.290. The molecule has 1 heterocycles. The Balaban J connectivity index is 2.04. The first-order valence-electron chi connectivity index (χ1n) is 6.73. The smallest absolute Gasteiger partial charge is 0.0794 e. The van der Waals surface area contributed by atoms with Gasteiger partial charge in [-0.05, 0) is 6.42 Å². The maximum atomic E-state index is 5.57. The lowest BCUT2D eigenvalue weighted by Crippen LogP contribution is -2.27. The number of nitrogens with zero attached hydrogens (tertiary/aromatic N) is 1. The average Bonchev–Trinajstić information content (AvgIpc) is 2.86. The third-order valence-electron chi connectivity index (χ3n) is 3.09. The van der Waals surface area contributed by atoms with Crippen LogP contribution in [0.2, 0.25) is 0 Å². The van der Waals surface area contributed by atoms with E-state index >= 15 is 0 Å². The molecule has 0 saturated carbocycles. The number of rotatable bonds is 10. The van der Waals surface area contributed by atoms with Crippen molar-refractivity contribution in [3.05, 3.63) is 16.6 Å². The van der Waals surface area contributed by atoms with Gasteiger partial charge in [0.15, 0.2) is 0 Å². The van der Waals surface area contributed by atoms with Crippen molar-refractivity contribution in [3.63, 3.8) is 0 Å². The van der Waals surface area contributed by atoms with Gasteiger partial charge in [-0.1, -0.05) is 51.9 Å². The number of unbranched alkanes of at least 4 members (excludes halogenated alkanes) is 6. The quantitative estimate of drug-likeness (QED) is 0.380. The van der Waals surface area contributed by atoms with E-state index in [0.717, 1.165) is 6.42 Å². The Kier molecular flexibility index (Phi) is 8.22. The number of hydrogen-bond acceptors (Lipinski definition) is 4. The van der Waals surface area contributed by atoms with Crippen LogP contribution in [0, 0.1) is 0 Å². The van der Waals surface area contributed by atoms with Gasteiger partial charge in [0, 0.05) is 11.1 Å². The van der Waals surface area contributed by atoms with Gasteiger partial charge in [0.2, 0.25) is 0 Å². The molecule has 0 spiro atoms. The van der Waals surface area contributed by atoms with Crippen molar-refractivity contribution in [1.82, 2.24) is 10.4 Å². The van der Waals surface area contributed by atoms with Crippen LogP contribution >= 0.6 is 11.3 Å². The van der Waals surface area contributed by atoms with Crippen molar-refractivity contribution in [2.45, 2.75) is 64.3 Å². The largest absolute Gasteiger partial charge is 0.271 e. The molecular weight excluding hydrogens is 230 g/mol. The molecule has 98 valence electrons. The highest BCUT2D eigenvalue weighted by Crippen LogP contribution is 2.22. The molecule has 1 rings (SSSR count). The summed E-state index contributed by atoms with van der Waals surface area (Å²) in [6.07, 6.45) is 12.4. The van der Waals surface area contributed by atoms with Crippen LogP contribution in [-0.4, -0.2) is 4.98 Å². The first-order chi connectivity index (χ1) is 8.38. The van der Waals surface area contributed by atoms with E-state index in [4.69, 9.17) is 5.84 Å². The number of hydrazine groups is 1. The maximum Gasteiger partial charge on any atom is 0.0794 e. The first-order valence-corrected chi connectivity index (χ1v) is 7.61. The van der Waals surface area contributed by atoms with E-state index < -0.39 is 0 Å². The van der Waals surface area contributed by atoms with Gasteiger partial charge in [-0.15, -0.1) is 11.3 Å². The maximum absolute atomic E-state index is 5.57. The van der Waals surface area contributed by atoms with Crippen LogP contribution in [-0.2, 0) is 0 Å². The SMILES string of the molecule is CCCCCCCCCC(NN)c1cncs1. The summed E-state index contributed by atoms with van der Waals surface area (Å²) in [6.45, 7) is 2.26. The summed E-state index contributed by atoms with van der Waals surface area (Å²) in [7, 11) is 0. The van der Waals surface area contributed by atoms with Crippen molar-refractivity contribution < 1.29 is 0 Å². The molecule has 1 aromatic heterocycles.